The molecule has 1 heterocycles. The number of thiazole rings is 1. The number of nitrogens with zero attached hydrogens (tertiary/aromatic N) is 1. The molecule has 0 bridgehead atoms. The first-order valence-electron chi connectivity index (χ1n) is 4.57. The maximum Gasteiger partial charge on any atom is 0.335 e. The Bertz CT molecular complexity index is 548. The Morgan fingerprint density at radius 3 is 2.75 bits per heavy atom. The molecule has 16 heavy (non-hydrogen) atoms. The fraction of sp³-hybridized carbons (Fsp3) is 0.0909. The molecular weight excluding hydrogens is 226 g/mol. The van der Waals surface area contributed by atoms with Gasteiger partial charge in [0, 0.05) is 10.9 Å². The molecule has 2 N–H and O–H groups in total. The van der Waals surface area contributed by atoms with E-state index >= 15 is 0 Å². The summed E-state index contributed by atoms with van der Waals surface area (Å²) in [5.74, 6) is -0.983. The minimum absolute atomic E-state index is 0.0373. The number of carbonyl (C=O) groups is 1. The number of hydrogen-bond donors (Lipinski definition) is 2. The van der Waals surface area contributed by atoms with Crippen molar-refractivity contribution in [1.82, 2.24) is 4.98 Å². The zero-order valence-corrected chi connectivity index (χ0v) is 9.28. The number of aryl methyl sites for hydroxylation is 1. The van der Waals surface area contributed by atoms with Gasteiger partial charge >= 0.3 is 5.97 Å². The van der Waals surface area contributed by atoms with Crippen LogP contribution >= 0.6 is 11.3 Å². The normalized spacial score (nSPS) is 10.3. The fourth-order valence-corrected chi connectivity index (χ4v) is 1.97. The lowest BCUT2D eigenvalue weighted by atomic mass is 10.1. The largest absolute Gasteiger partial charge is 0.507 e. The van der Waals surface area contributed by atoms with Crippen LogP contribution in [0.25, 0.3) is 11.3 Å². The van der Waals surface area contributed by atoms with Crippen molar-refractivity contribution in [2.24, 2.45) is 0 Å². The van der Waals surface area contributed by atoms with Crippen LogP contribution in [0, 0.1) is 6.92 Å². The molecule has 1 aromatic carbocycles. The van der Waals surface area contributed by atoms with Crippen molar-refractivity contribution in [2.45, 2.75) is 6.92 Å². The first-order valence-corrected chi connectivity index (χ1v) is 5.44. The lowest BCUT2D eigenvalue weighted by molar-refractivity contribution is 0.0697. The number of hydrogen-bond acceptors (Lipinski definition) is 4. The highest BCUT2D eigenvalue weighted by atomic mass is 32.1. The lowest BCUT2D eigenvalue weighted by Crippen LogP contribution is -1.96. The first-order chi connectivity index (χ1) is 7.58. The number of aromatic nitrogens is 1. The van der Waals surface area contributed by atoms with E-state index in [2.05, 4.69) is 4.98 Å². The summed E-state index contributed by atoms with van der Waals surface area (Å²) in [4.78, 5) is 15.0. The molecule has 0 radical (unpaired) electrons. The highest BCUT2D eigenvalue weighted by Crippen LogP contribution is 2.30. The predicted octanol–water partition coefficient (Wildman–Crippen LogP) is 2.52. The number of aromatic hydroxyl groups is 1. The zero-order chi connectivity index (χ0) is 11.7. The summed E-state index contributed by atoms with van der Waals surface area (Å²) in [7, 11) is 0. The van der Waals surface area contributed by atoms with Crippen molar-refractivity contribution in [3.63, 3.8) is 0 Å². The van der Waals surface area contributed by atoms with Gasteiger partial charge < -0.3 is 10.2 Å². The van der Waals surface area contributed by atoms with Gasteiger partial charge in [-0.25, -0.2) is 9.78 Å². The smallest absolute Gasteiger partial charge is 0.335 e. The quantitative estimate of drug-likeness (QED) is 0.839. The highest BCUT2D eigenvalue weighted by Gasteiger charge is 2.11. The molecule has 82 valence electrons. The van der Waals surface area contributed by atoms with Crippen molar-refractivity contribution in [2.75, 3.05) is 0 Å². The summed E-state index contributed by atoms with van der Waals surface area (Å²) in [6, 6.07) is 4.15. The summed E-state index contributed by atoms with van der Waals surface area (Å²) in [6.07, 6.45) is 0. The summed E-state index contributed by atoms with van der Waals surface area (Å²) in [6.45, 7) is 1.85. The first kappa shape index (κ1) is 10.6. The topological polar surface area (TPSA) is 70.4 Å². The van der Waals surface area contributed by atoms with E-state index < -0.39 is 5.97 Å². The minimum Gasteiger partial charge on any atom is -0.507 e. The van der Waals surface area contributed by atoms with Gasteiger partial charge in [-0.15, -0.1) is 11.3 Å². The molecule has 0 aliphatic rings. The van der Waals surface area contributed by atoms with Gasteiger partial charge in [0.15, 0.2) is 0 Å². The second kappa shape index (κ2) is 3.94. The highest BCUT2D eigenvalue weighted by molar-refractivity contribution is 7.09. The second-order valence-electron chi connectivity index (χ2n) is 3.29. The molecule has 0 unspecified atom stereocenters. The van der Waals surface area contributed by atoms with E-state index in [1.54, 1.807) is 5.38 Å². The molecule has 0 saturated heterocycles. The van der Waals surface area contributed by atoms with Crippen LogP contribution in [-0.4, -0.2) is 21.2 Å². The van der Waals surface area contributed by atoms with Crippen molar-refractivity contribution in [3.05, 3.63) is 34.2 Å². The van der Waals surface area contributed by atoms with E-state index in [4.69, 9.17) is 5.11 Å². The van der Waals surface area contributed by atoms with Crippen LogP contribution in [0.15, 0.2) is 23.6 Å². The Kier molecular flexibility index (Phi) is 2.62. The molecule has 5 heteroatoms. The molecule has 2 aromatic rings. The Balaban J connectivity index is 2.55. The number of aromatic carboxylic acids is 1. The molecule has 0 atom stereocenters. The second-order valence-corrected chi connectivity index (χ2v) is 4.35. The van der Waals surface area contributed by atoms with Gasteiger partial charge in [0.25, 0.3) is 0 Å². The van der Waals surface area contributed by atoms with Crippen LogP contribution in [0.1, 0.15) is 15.4 Å². The van der Waals surface area contributed by atoms with Crippen LogP contribution in [0.2, 0.25) is 0 Å². The van der Waals surface area contributed by atoms with Gasteiger partial charge in [0.1, 0.15) is 5.75 Å². The van der Waals surface area contributed by atoms with Gasteiger partial charge in [0.05, 0.1) is 16.3 Å². The van der Waals surface area contributed by atoms with Gasteiger partial charge in [-0.05, 0) is 25.1 Å². The van der Waals surface area contributed by atoms with Crippen molar-refractivity contribution in [1.29, 1.82) is 0 Å². The van der Waals surface area contributed by atoms with Gasteiger partial charge in [-0.2, -0.15) is 0 Å². The molecule has 0 aliphatic heterocycles. The Hall–Kier alpha value is -1.88. The molecular formula is C11H9NO3S. The number of carboxylic acid groups (broad SMARTS) is 1. The molecule has 0 saturated carbocycles. The number of carboxylic acids is 1. The SMILES string of the molecule is Cc1nc(-c2cc(C(=O)O)ccc2O)cs1. The van der Waals surface area contributed by atoms with Gasteiger partial charge in [-0.1, -0.05) is 0 Å². The van der Waals surface area contributed by atoms with E-state index in [0.717, 1.165) is 5.01 Å². The molecule has 0 fully saturated rings. The van der Waals surface area contributed by atoms with Gasteiger partial charge in [-0.3, -0.25) is 0 Å². The maximum absolute atomic E-state index is 10.8. The van der Waals surface area contributed by atoms with Crippen LogP contribution in [0.4, 0.5) is 0 Å². The van der Waals surface area contributed by atoms with Crippen molar-refractivity contribution < 1.29 is 15.0 Å². The molecule has 0 spiro atoms. The summed E-state index contributed by atoms with van der Waals surface area (Å²) >= 11 is 1.45. The van der Waals surface area contributed by atoms with Gasteiger partial charge in [0.2, 0.25) is 0 Å². The third kappa shape index (κ3) is 1.90. The maximum atomic E-state index is 10.8. The lowest BCUT2D eigenvalue weighted by Gasteiger charge is -2.02. The molecule has 0 amide bonds. The predicted molar refractivity (Wildman–Crippen MR) is 60.9 cm³/mol. The average molecular weight is 235 g/mol. The Labute approximate surface area is 95.8 Å². The van der Waals surface area contributed by atoms with Crippen LogP contribution in [0.3, 0.4) is 0 Å². The Morgan fingerprint density at radius 2 is 2.19 bits per heavy atom. The van der Waals surface area contributed by atoms with E-state index in [-0.39, 0.29) is 11.3 Å². The van der Waals surface area contributed by atoms with E-state index in [1.165, 1.54) is 29.5 Å². The molecule has 2 rings (SSSR count). The van der Waals surface area contributed by atoms with Crippen molar-refractivity contribution in [3.8, 4) is 17.0 Å². The summed E-state index contributed by atoms with van der Waals surface area (Å²) in [5.41, 5.74) is 1.19. The molecule has 0 aliphatic carbocycles. The number of benzene rings is 1. The molecule has 1 aromatic heterocycles. The number of phenols is 1. The van der Waals surface area contributed by atoms with Crippen LogP contribution in [0.5, 0.6) is 5.75 Å². The Morgan fingerprint density at radius 1 is 1.44 bits per heavy atom. The summed E-state index contributed by atoms with van der Waals surface area (Å²) < 4.78 is 0. The van der Waals surface area contributed by atoms with Crippen LogP contribution < -0.4 is 0 Å². The fourth-order valence-electron chi connectivity index (χ4n) is 1.36. The third-order valence-electron chi connectivity index (χ3n) is 2.14. The van der Waals surface area contributed by atoms with E-state index in [9.17, 15) is 9.90 Å². The number of rotatable bonds is 2. The monoisotopic (exact) mass is 235 g/mol. The minimum atomic E-state index is -1.02. The van der Waals surface area contributed by atoms with Crippen molar-refractivity contribution >= 4 is 17.3 Å². The average Bonchev–Trinajstić information content (AvgIpc) is 2.65. The third-order valence-corrected chi connectivity index (χ3v) is 2.91. The van der Waals surface area contributed by atoms with E-state index in [1.807, 2.05) is 6.92 Å². The van der Waals surface area contributed by atoms with Crippen LogP contribution in [-0.2, 0) is 0 Å². The molecule has 4 nitrogen and oxygen atoms in total. The zero-order valence-electron chi connectivity index (χ0n) is 8.47. The summed E-state index contributed by atoms with van der Waals surface area (Å²) in [5, 5.41) is 21.2. The standard InChI is InChI=1S/C11H9NO3S/c1-6-12-9(5-16-6)8-4-7(11(14)15)2-3-10(8)13/h2-5,13H,1H3,(H,14,15). The number of phenolic OH excluding ortho intramolecular Hbond substituents is 1. The van der Waals surface area contributed by atoms with E-state index in [0.29, 0.717) is 11.3 Å².